The van der Waals surface area contributed by atoms with Crippen LogP contribution in [0.2, 0.25) is 0 Å². The molecule has 3 aromatic carbocycles. The summed E-state index contributed by atoms with van der Waals surface area (Å²) in [6.45, 7) is 6.07. The molecule has 0 saturated carbocycles. The number of ether oxygens (including phenoxy) is 2. The van der Waals surface area contributed by atoms with Crippen molar-refractivity contribution in [1.29, 1.82) is 0 Å². The Morgan fingerprint density at radius 3 is 2.23 bits per heavy atom. The standard InChI is InChI=1S/C35H43NO3S/c1-27(35(37)38-2)10-9-11-28-14-16-29(17-15-28)26-33(30-12-5-4-6-13-30)34(40-3)31-18-20-32(21-19-31)39-25-24-36-22-7-8-23-36/h4-6,12-21,27H,7-11,22-26H2,1-3H3/b34-33-. The molecule has 1 heterocycles. The number of thioether (sulfide) groups is 1. The summed E-state index contributed by atoms with van der Waals surface area (Å²) in [4.78, 5) is 15.4. The molecule has 1 aliphatic heterocycles. The number of methoxy groups -OCH3 is 1. The van der Waals surface area contributed by atoms with E-state index in [0.29, 0.717) is 0 Å². The fourth-order valence-electron chi connectivity index (χ4n) is 5.33. The highest BCUT2D eigenvalue weighted by atomic mass is 32.2. The number of carbonyl (C=O) groups is 1. The van der Waals surface area contributed by atoms with Crippen molar-refractivity contribution in [2.45, 2.75) is 45.4 Å². The van der Waals surface area contributed by atoms with E-state index in [9.17, 15) is 4.79 Å². The van der Waals surface area contributed by atoms with Gasteiger partial charge in [0.25, 0.3) is 0 Å². The SMILES string of the molecule is COC(=O)C(C)CCCc1ccc(C/C(=C(/SC)c2ccc(OCCN3CCCC3)cc2)c2ccccc2)cc1. The Morgan fingerprint density at radius 1 is 0.900 bits per heavy atom. The predicted octanol–water partition coefficient (Wildman–Crippen LogP) is 7.77. The summed E-state index contributed by atoms with van der Waals surface area (Å²) in [5.74, 6) is 0.754. The summed E-state index contributed by atoms with van der Waals surface area (Å²) in [6.07, 6.45) is 8.42. The molecule has 1 unspecified atom stereocenters. The second-order valence-electron chi connectivity index (χ2n) is 10.6. The van der Waals surface area contributed by atoms with E-state index in [0.717, 1.165) is 44.6 Å². The number of benzene rings is 3. The molecule has 0 spiro atoms. The van der Waals surface area contributed by atoms with E-state index in [2.05, 4.69) is 90.0 Å². The summed E-state index contributed by atoms with van der Waals surface area (Å²) < 4.78 is 10.9. The Morgan fingerprint density at radius 2 is 1.57 bits per heavy atom. The zero-order valence-electron chi connectivity index (χ0n) is 24.2. The molecule has 4 rings (SSSR count). The minimum atomic E-state index is -0.125. The highest BCUT2D eigenvalue weighted by Crippen LogP contribution is 2.37. The molecule has 4 nitrogen and oxygen atoms in total. The van der Waals surface area contributed by atoms with Crippen LogP contribution in [0.15, 0.2) is 78.9 Å². The van der Waals surface area contributed by atoms with Crippen molar-refractivity contribution < 1.29 is 14.3 Å². The lowest BCUT2D eigenvalue weighted by Crippen LogP contribution is -2.25. The molecule has 0 N–H and O–H groups in total. The van der Waals surface area contributed by atoms with Crippen molar-refractivity contribution in [1.82, 2.24) is 4.90 Å². The van der Waals surface area contributed by atoms with Crippen LogP contribution < -0.4 is 4.74 Å². The number of esters is 1. The maximum absolute atomic E-state index is 11.7. The molecule has 0 radical (unpaired) electrons. The quantitative estimate of drug-likeness (QED) is 0.150. The first-order valence-electron chi connectivity index (χ1n) is 14.5. The third kappa shape index (κ3) is 8.74. The number of likely N-dealkylation sites (tertiary alicyclic amines) is 1. The molecular formula is C35H43NO3S. The van der Waals surface area contributed by atoms with Gasteiger partial charge in [0.2, 0.25) is 0 Å². The third-order valence-corrected chi connectivity index (χ3v) is 8.59. The van der Waals surface area contributed by atoms with Gasteiger partial charge in [-0.25, -0.2) is 0 Å². The Bertz CT molecular complexity index is 1220. The molecule has 1 atom stereocenters. The molecule has 5 heteroatoms. The summed E-state index contributed by atoms with van der Waals surface area (Å²) in [5.41, 5.74) is 6.39. The lowest BCUT2D eigenvalue weighted by molar-refractivity contribution is -0.145. The van der Waals surface area contributed by atoms with Gasteiger partial charge in [-0.2, -0.15) is 0 Å². The third-order valence-electron chi connectivity index (χ3n) is 7.70. The minimum Gasteiger partial charge on any atom is -0.492 e. The molecule has 1 saturated heterocycles. The first-order chi connectivity index (χ1) is 19.6. The van der Waals surface area contributed by atoms with E-state index in [1.54, 1.807) is 11.8 Å². The topological polar surface area (TPSA) is 38.8 Å². The number of hydrogen-bond acceptors (Lipinski definition) is 5. The molecule has 0 amide bonds. The minimum absolute atomic E-state index is 0.0524. The van der Waals surface area contributed by atoms with Crippen molar-refractivity contribution >= 4 is 28.2 Å². The molecule has 0 aromatic heterocycles. The van der Waals surface area contributed by atoms with Crippen LogP contribution in [0.5, 0.6) is 5.75 Å². The van der Waals surface area contributed by atoms with E-state index < -0.39 is 0 Å². The largest absolute Gasteiger partial charge is 0.492 e. The van der Waals surface area contributed by atoms with Crippen molar-refractivity contribution in [2.75, 3.05) is 39.6 Å². The van der Waals surface area contributed by atoms with Crippen LogP contribution in [-0.2, 0) is 22.4 Å². The van der Waals surface area contributed by atoms with Gasteiger partial charge >= 0.3 is 5.97 Å². The normalized spacial score (nSPS) is 15.0. The number of rotatable bonds is 14. The first kappa shape index (κ1) is 30.0. The molecule has 0 aliphatic carbocycles. The van der Waals surface area contributed by atoms with Gasteiger partial charge in [0.15, 0.2) is 0 Å². The number of carbonyl (C=O) groups excluding carboxylic acids is 1. The highest BCUT2D eigenvalue weighted by Gasteiger charge is 2.15. The molecule has 3 aromatic rings. The molecule has 212 valence electrons. The zero-order chi connectivity index (χ0) is 28.2. The van der Waals surface area contributed by atoms with Crippen LogP contribution in [-0.4, -0.2) is 50.5 Å². The summed E-state index contributed by atoms with van der Waals surface area (Å²) >= 11 is 1.80. The molecule has 1 aliphatic rings. The van der Waals surface area contributed by atoms with E-state index >= 15 is 0 Å². The summed E-state index contributed by atoms with van der Waals surface area (Å²) in [6, 6.07) is 28.3. The van der Waals surface area contributed by atoms with Crippen LogP contribution in [0.4, 0.5) is 0 Å². The fourth-order valence-corrected chi connectivity index (χ4v) is 6.14. The number of hydrogen-bond donors (Lipinski definition) is 0. The average Bonchev–Trinajstić information content (AvgIpc) is 3.52. The molecule has 1 fully saturated rings. The maximum Gasteiger partial charge on any atom is 0.308 e. The van der Waals surface area contributed by atoms with Crippen molar-refractivity contribution in [3.8, 4) is 5.75 Å². The van der Waals surface area contributed by atoms with Crippen molar-refractivity contribution in [3.05, 3.63) is 101 Å². The molecule has 0 bridgehead atoms. The van der Waals surface area contributed by atoms with E-state index in [-0.39, 0.29) is 11.9 Å². The second kappa shape index (κ2) is 15.7. The number of nitrogens with zero attached hydrogens (tertiary/aromatic N) is 1. The van der Waals surface area contributed by atoms with Gasteiger partial charge < -0.3 is 9.47 Å². The van der Waals surface area contributed by atoms with Crippen molar-refractivity contribution in [3.63, 3.8) is 0 Å². The summed E-state index contributed by atoms with van der Waals surface area (Å²) in [7, 11) is 1.46. The van der Waals surface area contributed by atoms with Gasteiger partial charge in [-0.05, 0) is 97.8 Å². The van der Waals surface area contributed by atoms with E-state index in [1.165, 1.54) is 65.8 Å². The zero-order valence-corrected chi connectivity index (χ0v) is 25.1. The lowest BCUT2D eigenvalue weighted by Gasteiger charge is -2.17. The van der Waals surface area contributed by atoms with Crippen LogP contribution in [0, 0.1) is 5.92 Å². The van der Waals surface area contributed by atoms with E-state index in [4.69, 9.17) is 9.47 Å². The van der Waals surface area contributed by atoms with Gasteiger partial charge in [-0.15, -0.1) is 11.8 Å². The Hall–Kier alpha value is -3.02. The van der Waals surface area contributed by atoms with Crippen molar-refractivity contribution in [2.24, 2.45) is 5.92 Å². The summed E-state index contributed by atoms with van der Waals surface area (Å²) in [5, 5.41) is 0. The predicted molar refractivity (Wildman–Crippen MR) is 169 cm³/mol. The smallest absolute Gasteiger partial charge is 0.308 e. The van der Waals surface area contributed by atoms with Crippen LogP contribution >= 0.6 is 11.8 Å². The number of allylic oxidation sites excluding steroid dienone is 1. The van der Waals surface area contributed by atoms with Gasteiger partial charge in [0.05, 0.1) is 13.0 Å². The van der Waals surface area contributed by atoms with Crippen LogP contribution in [0.25, 0.3) is 10.5 Å². The Labute approximate surface area is 244 Å². The maximum atomic E-state index is 11.7. The van der Waals surface area contributed by atoms with Gasteiger partial charge in [0.1, 0.15) is 12.4 Å². The Balaban J connectivity index is 1.45. The lowest BCUT2D eigenvalue weighted by atomic mass is 9.94. The van der Waals surface area contributed by atoms with E-state index in [1.807, 2.05) is 6.92 Å². The van der Waals surface area contributed by atoms with Gasteiger partial charge in [-0.3, -0.25) is 9.69 Å². The first-order valence-corrected chi connectivity index (χ1v) is 15.7. The van der Waals surface area contributed by atoms with Gasteiger partial charge in [0, 0.05) is 11.4 Å². The molecule has 40 heavy (non-hydrogen) atoms. The monoisotopic (exact) mass is 557 g/mol. The molecular weight excluding hydrogens is 514 g/mol. The van der Waals surface area contributed by atoms with Crippen LogP contribution in [0.1, 0.15) is 54.9 Å². The second-order valence-corrected chi connectivity index (χ2v) is 11.4. The fraction of sp³-hybridized carbons (Fsp3) is 0.400. The highest BCUT2D eigenvalue weighted by molar-refractivity contribution is 8.07. The van der Waals surface area contributed by atoms with Crippen LogP contribution in [0.3, 0.4) is 0 Å². The Kier molecular flexibility index (Phi) is 11.7. The average molecular weight is 558 g/mol. The number of aryl methyl sites for hydroxylation is 1. The van der Waals surface area contributed by atoms with Gasteiger partial charge in [-0.1, -0.05) is 73.7 Å².